The summed E-state index contributed by atoms with van der Waals surface area (Å²) < 4.78 is 5.22. The highest BCUT2D eigenvalue weighted by Crippen LogP contribution is 2.28. The molecule has 0 aromatic carbocycles. The third-order valence-electron chi connectivity index (χ3n) is 2.29. The van der Waals surface area contributed by atoms with E-state index in [-0.39, 0.29) is 0 Å². The number of ether oxygens (including phenoxy) is 1. The highest BCUT2D eigenvalue weighted by molar-refractivity contribution is 5.70. The lowest BCUT2D eigenvalue weighted by Gasteiger charge is -2.08. The van der Waals surface area contributed by atoms with Gasteiger partial charge in [-0.25, -0.2) is 4.98 Å². The topological polar surface area (TPSA) is 35.0 Å². The first-order chi connectivity index (χ1) is 7.33. The maximum Gasteiger partial charge on any atom is 0.221 e. The van der Waals surface area contributed by atoms with Crippen LogP contribution in [0.25, 0.3) is 11.1 Å². The molecule has 3 nitrogen and oxygen atoms in total. The van der Waals surface area contributed by atoms with E-state index in [1.165, 1.54) is 0 Å². The second kappa shape index (κ2) is 4.09. The Morgan fingerprint density at radius 3 is 2.73 bits per heavy atom. The third kappa shape index (κ3) is 1.81. The second-order valence-corrected chi connectivity index (χ2v) is 3.25. The largest absolute Gasteiger partial charge is 0.481 e. The monoisotopic (exact) mass is 200 g/mol. The van der Waals surface area contributed by atoms with Gasteiger partial charge in [0.2, 0.25) is 5.88 Å². The van der Waals surface area contributed by atoms with Gasteiger partial charge in [-0.15, -0.1) is 0 Å². The van der Waals surface area contributed by atoms with E-state index in [0.717, 1.165) is 16.7 Å². The summed E-state index contributed by atoms with van der Waals surface area (Å²) >= 11 is 0. The molecular formula is C12H12N2O. The number of hydrogen-bond acceptors (Lipinski definition) is 3. The number of aryl methyl sites for hydroxylation is 1. The zero-order chi connectivity index (χ0) is 10.7. The van der Waals surface area contributed by atoms with E-state index in [4.69, 9.17) is 4.74 Å². The predicted octanol–water partition coefficient (Wildman–Crippen LogP) is 2.46. The second-order valence-electron chi connectivity index (χ2n) is 3.25. The van der Waals surface area contributed by atoms with Crippen LogP contribution >= 0.6 is 0 Å². The molecule has 0 saturated heterocycles. The Morgan fingerprint density at radius 1 is 1.13 bits per heavy atom. The van der Waals surface area contributed by atoms with Gasteiger partial charge < -0.3 is 4.74 Å². The molecule has 76 valence electrons. The number of pyridine rings is 2. The molecule has 15 heavy (non-hydrogen) atoms. The van der Waals surface area contributed by atoms with Gasteiger partial charge in [0.05, 0.1) is 7.11 Å². The molecule has 0 aliphatic carbocycles. The molecule has 0 spiro atoms. The lowest BCUT2D eigenvalue weighted by Crippen LogP contribution is -1.92. The van der Waals surface area contributed by atoms with Crippen LogP contribution in [-0.2, 0) is 0 Å². The van der Waals surface area contributed by atoms with Crippen LogP contribution in [-0.4, -0.2) is 17.1 Å². The summed E-state index contributed by atoms with van der Waals surface area (Å²) in [5, 5.41) is 0. The van der Waals surface area contributed by atoms with Crippen molar-refractivity contribution in [2.45, 2.75) is 6.92 Å². The zero-order valence-corrected chi connectivity index (χ0v) is 8.77. The summed E-state index contributed by atoms with van der Waals surface area (Å²) in [5.41, 5.74) is 3.20. The van der Waals surface area contributed by atoms with Crippen molar-refractivity contribution < 1.29 is 4.74 Å². The molecule has 0 aliphatic rings. The molecule has 0 N–H and O–H groups in total. The maximum atomic E-state index is 5.22. The Hall–Kier alpha value is -1.90. The molecule has 2 aromatic rings. The molecule has 2 aromatic heterocycles. The predicted molar refractivity (Wildman–Crippen MR) is 58.8 cm³/mol. The Balaban J connectivity index is 2.59. The molecule has 0 bridgehead atoms. The van der Waals surface area contributed by atoms with Gasteiger partial charge in [0.15, 0.2) is 0 Å². The van der Waals surface area contributed by atoms with Crippen LogP contribution < -0.4 is 4.74 Å². The standard InChI is InChI=1S/C12H12N2O/c1-9-5-7-13-8-11(9)10-4-3-6-14-12(10)15-2/h3-8H,1-2H3. The average Bonchev–Trinajstić information content (AvgIpc) is 2.30. The number of aromatic nitrogens is 2. The molecular weight excluding hydrogens is 188 g/mol. The van der Waals surface area contributed by atoms with Crippen LogP contribution in [0, 0.1) is 6.92 Å². The highest BCUT2D eigenvalue weighted by atomic mass is 16.5. The molecule has 0 amide bonds. The summed E-state index contributed by atoms with van der Waals surface area (Å²) in [6, 6.07) is 5.85. The number of methoxy groups -OCH3 is 1. The smallest absolute Gasteiger partial charge is 0.221 e. The molecule has 0 aliphatic heterocycles. The SMILES string of the molecule is COc1ncccc1-c1cnccc1C. The van der Waals surface area contributed by atoms with Crippen molar-refractivity contribution in [1.29, 1.82) is 0 Å². The van der Waals surface area contributed by atoms with Crippen LogP contribution in [0.15, 0.2) is 36.8 Å². The van der Waals surface area contributed by atoms with Crippen LogP contribution in [0.4, 0.5) is 0 Å². The molecule has 0 unspecified atom stereocenters. The van der Waals surface area contributed by atoms with Crippen molar-refractivity contribution in [3.8, 4) is 17.0 Å². The third-order valence-corrected chi connectivity index (χ3v) is 2.29. The summed E-state index contributed by atoms with van der Waals surface area (Å²) in [7, 11) is 1.62. The molecule has 0 radical (unpaired) electrons. The van der Waals surface area contributed by atoms with Gasteiger partial charge in [0, 0.05) is 29.7 Å². The van der Waals surface area contributed by atoms with Crippen LogP contribution in [0.5, 0.6) is 5.88 Å². The fourth-order valence-corrected chi connectivity index (χ4v) is 1.50. The first-order valence-corrected chi connectivity index (χ1v) is 4.73. The fraction of sp³-hybridized carbons (Fsp3) is 0.167. The molecule has 3 heteroatoms. The van der Waals surface area contributed by atoms with E-state index < -0.39 is 0 Å². The van der Waals surface area contributed by atoms with Crippen molar-refractivity contribution in [1.82, 2.24) is 9.97 Å². The number of rotatable bonds is 2. The number of hydrogen-bond donors (Lipinski definition) is 0. The summed E-state index contributed by atoms with van der Waals surface area (Å²) in [4.78, 5) is 8.28. The van der Waals surface area contributed by atoms with Crippen LogP contribution in [0.2, 0.25) is 0 Å². The van der Waals surface area contributed by atoms with Crippen LogP contribution in [0.3, 0.4) is 0 Å². The fourth-order valence-electron chi connectivity index (χ4n) is 1.50. The van der Waals surface area contributed by atoms with E-state index in [1.54, 1.807) is 19.5 Å². The Kier molecular flexibility index (Phi) is 2.63. The van der Waals surface area contributed by atoms with Gasteiger partial charge in [-0.05, 0) is 30.7 Å². The Morgan fingerprint density at radius 2 is 2.00 bits per heavy atom. The van der Waals surface area contributed by atoms with Gasteiger partial charge in [-0.3, -0.25) is 4.98 Å². The summed E-state index contributed by atoms with van der Waals surface area (Å²) in [5.74, 6) is 0.633. The van der Waals surface area contributed by atoms with Gasteiger partial charge in [0.25, 0.3) is 0 Å². The first kappa shape index (κ1) is 9.65. The van der Waals surface area contributed by atoms with Crippen LogP contribution in [0.1, 0.15) is 5.56 Å². The molecule has 0 atom stereocenters. The molecule has 0 saturated carbocycles. The molecule has 2 rings (SSSR count). The van der Waals surface area contributed by atoms with E-state index in [0.29, 0.717) is 5.88 Å². The minimum absolute atomic E-state index is 0.633. The van der Waals surface area contributed by atoms with Gasteiger partial charge >= 0.3 is 0 Å². The van der Waals surface area contributed by atoms with Gasteiger partial charge in [0.1, 0.15) is 0 Å². The molecule has 2 heterocycles. The summed E-state index contributed by atoms with van der Waals surface area (Å²) in [6.45, 7) is 2.05. The van der Waals surface area contributed by atoms with Crippen molar-refractivity contribution in [3.63, 3.8) is 0 Å². The highest BCUT2D eigenvalue weighted by Gasteiger charge is 2.08. The first-order valence-electron chi connectivity index (χ1n) is 4.73. The van der Waals surface area contributed by atoms with Gasteiger partial charge in [-0.1, -0.05) is 0 Å². The lowest BCUT2D eigenvalue weighted by atomic mass is 10.0. The van der Waals surface area contributed by atoms with E-state index in [1.807, 2.05) is 31.3 Å². The summed E-state index contributed by atoms with van der Waals surface area (Å²) in [6.07, 6.45) is 5.32. The quantitative estimate of drug-likeness (QED) is 0.747. The van der Waals surface area contributed by atoms with Crippen molar-refractivity contribution in [3.05, 3.63) is 42.4 Å². The zero-order valence-electron chi connectivity index (χ0n) is 8.77. The van der Waals surface area contributed by atoms with E-state index in [9.17, 15) is 0 Å². The lowest BCUT2D eigenvalue weighted by molar-refractivity contribution is 0.399. The van der Waals surface area contributed by atoms with Crippen molar-refractivity contribution in [2.75, 3.05) is 7.11 Å². The average molecular weight is 200 g/mol. The Labute approximate surface area is 88.8 Å². The molecule has 0 fully saturated rings. The minimum Gasteiger partial charge on any atom is -0.481 e. The van der Waals surface area contributed by atoms with E-state index >= 15 is 0 Å². The van der Waals surface area contributed by atoms with Crippen molar-refractivity contribution in [2.24, 2.45) is 0 Å². The van der Waals surface area contributed by atoms with Gasteiger partial charge in [-0.2, -0.15) is 0 Å². The van der Waals surface area contributed by atoms with E-state index in [2.05, 4.69) is 9.97 Å². The normalized spacial score (nSPS) is 10.0. The minimum atomic E-state index is 0.633. The Bertz CT molecular complexity index is 469. The maximum absolute atomic E-state index is 5.22. The van der Waals surface area contributed by atoms with Crippen molar-refractivity contribution >= 4 is 0 Å². The number of nitrogens with zero attached hydrogens (tertiary/aromatic N) is 2.